The molecular weight excluding hydrogens is 280 g/mol. The van der Waals surface area contributed by atoms with E-state index in [1.807, 2.05) is 19.1 Å². The van der Waals surface area contributed by atoms with Crippen LogP contribution in [0, 0.1) is 6.92 Å². The van der Waals surface area contributed by atoms with Crippen molar-refractivity contribution in [2.45, 2.75) is 19.9 Å². The molecule has 0 radical (unpaired) electrons. The topological polar surface area (TPSA) is 54.6 Å². The number of anilines is 1. The van der Waals surface area contributed by atoms with Crippen molar-refractivity contribution in [3.8, 4) is 5.75 Å². The number of hydrogen-bond donors (Lipinski definition) is 0. The van der Waals surface area contributed by atoms with Crippen LogP contribution in [0.3, 0.4) is 0 Å². The van der Waals surface area contributed by atoms with Crippen LogP contribution in [0.5, 0.6) is 5.75 Å². The normalized spacial score (nSPS) is 17.5. The third-order valence-corrected chi connectivity index (χ3v) is 4.20. The molecule has 6 nitrogen and oxygen atoms in total. The minimum Gasteiger partial charge on any atom is -0.497 e. The molecule has 0 saturated carbocycles. The van der Waals surface area contributed by atoms with Gasteiger partial charge in [0.25, 0.3) is 0 Å². The highest BCUT2D eigenvalue weighted by Crippen LogP contribution is 2.24. The smallest absolute Gasteiger partial charge is 0.233 e. The van der Waals surface area contributed by atoms with Crippen molar-refractivity contribution in [1.29, 1.82) is 0 Å². The molecule has 3 rings (SSSR count). The average molecular weight is 302 g/mol. The van der Waals surface area contributed by atoms with Gasteiger partial charge in [0.2, 0.25) is 11.8 Å². The Morgan fingerprint density at radius 1 is 1.09 bits per heavy atom. The van der Waals surface area contributed by atoms with Crippen LogP contribution in [0.2, 0.25) is 0 Å². The van der Waals surface area contributed by atoms with Crippen molar-refractivity contribution in [3.63, 3.8) is 0 Å². The highest BCUT2D eigenvalue weighted by Gasteiger charge is 2.25. The Morgan fingerprint density at radius 3 is 2.32 bits per heavy atom. The summed E-state index contributed by atoms with van der Waals surface area (Å²) in [6.45, 7) is 7.89. The summed E-state index contributed by atoms with van der Waals surface area (Å²) in [6.07, 6.45) is 0. The van der Waals surface area contributed by atoms with Crippen LogP contribution in [0.15, 0.2) is 28.7 Å². The van der Waals surface area contributed by atoms with E-state index in [1.54, 1.807) is 7.11 Å². The number of nitrogens with zero attached hydrogens (tertiary/aromatic N) is 4. The Kier molecular flexibility index (Phi) is 4.29. The number of hydrogen-bond acceptors (Lipinski definition) is 6. The summed E-state index contributed by atoms with van der Waals surface area (Å²) in [5, 5.41) is 8.05. The van der Waals surface area contributed by atoms with E-state index in [9.17, 15) is 0 Å². The van der Waals surface area contributed by atoms with Gasteiger partial charge in [-0.05, 0) is 31.2 Å². The Morgan fingerprint density at radius 2 is 1.77 bits per heavy atom. The minimum absolute atomic E-state index is 0.166. The van der Waals surface area contributed by atoms with Crippen molar-refractivity contribution in [2.75, 3.05) is 38.2 Å². The maximum absolute atomic E-state index is 5.54. The first-order valence-electron chi connectivity index (χ1n) is 7.60. The molecule has 2 aromatic rings. The summed E-state index contributed by atoms with van der Waals surface area (Å²) in [5.41, 5.74) is 1.24. The lowest BCUT2D eigenvalue weighted by Gasteiger charge is -2.38. The van der Waals surface area contributed by atoms with Crippen LogP contribution in [0.25, 0.3) is 0 Å². The molecule has 1 aliphatic rings. The summed E-state index contributed by atoms with van der Waals surface area (Å²) in [6, 6.07) is 8.40. The number of benzene rings is 1. The van der Waals surface area contributed by atoms with E-state index in [-0.39, 0.29) is 6.04 Å². The molecule has 2 heterocycles. The van der Waals surface area contributed by atoms with Gasteiger partial charge < -0.3 is 14.1 Å². The van der Waals surface area contributed by atoms with Crippen molar-refractivity contribution < 1.29 is 9.15 Å². The number of aryl methyl sites for hydroxylation is 1. The van der Waals surface area contributed by atoms with Gasteiger partial charge in [-0.1, -0.05) is 0 Å². The number of methoxy groups -OCH3 is 1. The maximum Gasteiger partial charge on any atom is 0.233 e. The Hall–Kier alpha value is -2.08. The summed E-state index contributed by atoms with van der Waals surface area (Å²) in [7, 11) is 1.69. The SMILES string of the molecule is COc1ccc(N2CCN(C(C)c3nnc(C)o3)CC2)cc1. The van der Waals surface area contributed by atoms with Gasteiger partial charge in [-0.2, -0.15) is 0 Å². The second-order valence-corrected chi connectivity index (χ2v) is 5.56. The Labute approximate surface area is 130 Å². The van der Waals surface area contributed by atoms with Crippen LogP contribution in [0.4, 0.5) is 5.69 Å². The van der Waals surface area contributed by atoms with E-state index in [0.29, 0.717) is 11.8 Å². The first-order chi connectivity index (χ1) is 10.7. The highest BCUT2D eigenvalue weighted by molar-refractivity contribution is 5.49. The molecule has 6 heteroatoms. The van der Waals surface area contributed by atoms with Gasteiger partial charge >= 0.3 is 0 Å². The molecular formula is C16H22N4O2. The first kappa shape index (κ1) is 14.8. The summed E-state index contributed by atoms with van der Waals surface area (Å²) in [4.78, 5) is 4.77. The zero-order valence-electron chi connectivity index (χ0n) is 13.3. The maximum atomic E-state index is 5.54. The largest absolute Gasteiger partial charge is 0.497 e. The molecule has 1 aliphatic heterocycles. The Balaban J connectivity index is 1.59. The fourth-order valence-corrected chi connectivity index (χ4v) is 2.80. The molecule has 118 valence electrons. The fraction of sp³-hybridized carbons (Fsp3) is 0.500. The highest BCUT2D eigenvalue weighted by atomic mass is 16.5. The van der Waals surface area contributed by atoms with Gasteiger partial charge in [0.1, 0.15) is 5.75 Å². The third-order valence-electron chi connectivity index (χ3n) is 4.20. The molecule has 1 atom stereocenters. The van der Waals surface area contributed by atoms with Crippen molar-refractivity contribution in [2.24, 2.45) is 0 Å². The van der Waals surface area contributed by atoms with E-state index in [4.69, 9.17) is 9.15 Å². The number of rotatable bonds is 4. The molecule has 0 amide bonds. The van der Waals surface area contributed by atoms with E-state index in [0.717, 1.165) is 31.9 Å². The fourth-order valence-electron chi connectivity index (χ4n) is 2.80. The zero-order valence-corrected chi connectivity index (χ0v) is 13.3. The number of piperazine rings is 1. The monoisotopic (exact) mass is 302 g/mol. The predicted octanol–water partition coefficient (Wildman–Crippen LogP) is 2.27. The molecule has 0 spiro atoms. The molecule has 1 unspecified atom stereocenters. The zero-order chi connectivity index (χ0) is 15.5. The quantitative estimate of drug-likeness (QED) is 0.863. The van der Waals surface area contributed by atoms with Gasteiger partial charge in [0.05, 0.1) is 13.2 Å². The number of aromatic nitrogens is 2. The molecule has 0 N–H and O–H groups in total. The van der Waals surface area contributed by atoms with Crippen LogP contribution in [0.1, 0.15) is 24.7 Å². The lowest BCUT2D eigenvalue weighted by atomic mass is 10.2. The molecule has 22 heavy (non-hydrogen) atoms. The first-order valence-corrected chi connectivity index (χ1v) is 7.60. The summed E-state index contributed by atoms with van der Waals surface area (Å²) >= 11 is 0. The van der Waals surface area contributed by atoms with Crippen molar-refractivity contribution >= 4 is 5.69 Å². The molecule has 1 aromatic heterocycles. The summed E-state index contributed by atoms with van der Waals surface area (Å²) in [5.74, 6) is 2.22. The molecule has 0 aliphatic carbocycles. The molecule has 1 aromatic carbocycles. The van der Waals surface area contributed by atoms with E-state index >= 15 is 0 Å². The lowest BCUT2D eigenvalue weighted by Crippen LogP contribution is -2.47. The Bertz CT molecular complexity index is 603. The van der Waals surface area contributed by atoms with Crippen LogP contribution in [-0.4, -0.2) is 48.4 Å². The second-order valence-electron chi connectivity index (χ2n) is 5.56. The van der Waals surface area contributed by atoms with E-state index in [1.165, 1.54) is 5.69 Å². The van der Waals surface area contributed by atoms with Gasteiger partial charge in [-0.3, -0.25) is 4.90 Å². The average Bonchev–Trinajstić information content (AvgIpc) is 3.01. The van der Waals surface area contributed by atoms with Gasteiger partial charge in [0, 0.05) is 38.8 Å². The van der Waals surface area contributed by atoms with E-state index < -0.39 is 0 Å². The number of ether oxygens (including phenoxy) is 1. The third kappa shape index (κ3) is 3.06. The van der Waals surface area contributed by atoms with Gasteiger partial charge in [0.15, 0.2) is 0 Å². The van der Waals surface area contributed by atoms with Crippen LogP contribution < -0.4 is 9.64 Å². The molecule has 0 bridgehead atoms. The minimum atomic E-state index is 0.166. The summed E-state index contributed by atoms with van der Waals surface area (Å²) < 4.78 is 10.8. The van der Waals surface area contributed by atoms with Gasteiger partial charge in [-0.15, -0.1) is 10.2 Å². The molecule has 1 saturated heterocycles. The predicted molar refractivity (Wildman–Crippen MR) is 84.2 cm³/mol. The van der Waals surface area contributed by atoms with Crippen molar-refractivity contribution in [1.82, 2.24) is 15.1 Å². The second kappa shape index (κ2) is 6.36. The standard InChI is InChI=1S/C16H22N4O2/c1-12(16-18-17-13(2)22-16)19-8-10-20(11-9-19)14-4-6-15(21-3)7-5-14/h4-7,12H,8-11H2,1-3H3. The van der Waals surface area contributed by atoms with Crippen molar-refractivity contribution in [3.05, 3.63) is 36.0 Å². The van der Waals surface area contributed by atoms with Crippen LogP contribution in [-0.2, 0) is 0 Å². The van der Waals surface area contributed by atoms with Gasteiger partial charge in [-0.25, -0.2) is 0 Å². The molecule has 1 fully saturated rings. The lowest BCUT2D eigenvalue weighted by molar-refractivity contribution is 0.172. The van der Waals surface area contributed by atoms with E-state index in [2.05, 4.69) is 39.1 Å². The van der Waals surface area contributed by atoms with Crippen LogP contribution >= 0.6 is 0 Å².